The van der Waals surface area contributed by atoms with Crippen LogP contribution in [0.3, 0.4) is 0 Å². The minimum Gasteiger partial charge on any atom is -0.481 e. The summed E-state index contributed by atoms with van der Waals surface area (Å²) in [7, 11) is 0. The number of allylic oxidation sites excluding steroid dienone is 2. The van der Waals surface area contributed by atoms with Gasteiger partial charge in [-0.25, -0.2) is 0 Å². The monoisotopic (exact) mass is 378 g/mol. The van der Waals surface area contributed by atoms with E-state index in [2.05, 4.69) is 12.8 Å². The summed E-state index contributed by atoms with van der Waals surface area (Å²) >= 11 is 0. The third-order valence-corrected chi connectivity index (χ3v) is 5.26. The maximum absolute atomic E-state index is 10.5. The number of carboxylic acid groups (broad SMARTS) is 1. The lowest BCUT2D eigenvalue weighted by molar-refractivity contribution is -0.137. The third kappa shape index (κ3) is 8.30. The fraction of sp³-hybridized carbons (Fsp3) is 0.682. The van der Waals surface area contributed by atoms with Crippen molar-refractivity contribution < 1.29 is 25.2 Å². The minimum atomic E-state index is -1.32. The number of terminal acetylenes is 1. The molecule has 1 aliphatic rings. The number of carbonyl (C=O) groups is 1. The summed E-state index contributed by atoms with van der Waals surface area (Å²) in [5.74, 6) is 1.22. The van der Waals surface area contributed by atoms with Gasteiger partial charge in [0.1, 0.15) is 5.60 Å². The highest BCUT2D eigenvalue weighted by molar-refractivity contribution is 5.66. The molecular weight excluding hydrogens is 344 g/mol. The number of unbranched alkanes of at least 4 members (excludes halogenated alkanes) is 3. The maximum atomic E-state index is 10.5. The van der Waals surface area contributed by atoms with Crippen LogP contribution in [-0.2, 0) is 4.79 Å². The van der Waals surface area contributed by atoms with Crippen LogP contribution in [0.5, 0.6) is 0 Å². The Morgan fingerprint density at radius 1 is 1.22 bits per heavy atom. The molecule has 0 radical (unpaired) electrons. The molecule has 152 valence electrons. The standard InChI is InChI=1S/C22H34O5/c1-3-5-10-14-22(27,4-2)15-13-18-17(19(23)16-20(18)24)11-8-6-7-9-12-21(25)26/h2,6,8,13,15,17-20,23-24,27H,3,5,7,9-12,14,16H2,1H3,(H,25,26)/t17?,18?,19?,20?,22-/m0/s1. The second-order valence-corrected chi connectivity index (χ2v) is 7.49. The van der Waals surface area contributed by atoms with E-state index in [9.17, 15) is 20.1 Å². The molecule has 5 nitrogen and oxygen atoms in total. The molecule has 0 bridgehead atoms. The van der Waals surface area contributed by atoms with Crippen LogP contribution in [0.15, 0.2) is 24.3 Å². The van der Waals surface area contributed by atoms with Crippen LogP contribution in [0.25, 0.3) is 0 Å². The van der Waals surface area contributed by atoms with Crippen LogP contribution >= 0.6 is 0 Å². The molecule has 0 aromatic heterocycles. The van der Waals surface area contributed by atoms with E-state index in [4.69, 9.17) is 11.5 Å². The number of aliphatic hydroxyl groups excluding tert-OH is 2. The van der Waals surface area contributed by atoms with E-state index in [1.54, 1.807) is 12.2 Å². The number of rotatable bonds is 12. The Bertz CT molecular complexity index is 547. The quantitative estimate of drug-likeness (QED) is 0.238. The largest absolute Gasteiger partial charge is 0.481 e. The van der Waals surface area contributed by atoms with E-state index in [0.717, 1.165) is 19.3 Å². The minimum absolute atomic E-state index is 0.142. The Morgan fingerprint density at radius 3 is 2.59 bits per heavy atom. The average Bonchev–Trinajstić information content (AvgIpc) is 2.89. The fourth-order valence-electron chi connectivity index (χ4n) is 3.57. The van der Waals surface area contributed by atoms with Crippen molar-refractivity contribution in [3.05, 3.63) is 24.3 Å². The van der Waals surface area contributed by atoms with Gasteiger partial charge in [0, 0.05) is 18.8 Å². The average molecular weight is 379 g/mol. The van der Waals surface area contributed by atoms with Gasteiger partial charge in [-0.1, -0.05) is 43.9 Å². The van der Waals surface area contributed by atoms with E-state index < -0.39 is 23.8 Å². The van der Waals surface area contributed by atoms with Gasteiger partial charge in [-0.3, -0.25) is 4.79 Å². The van der Waals surface area contributed by atoms with Crippen molar-refractivity contribution in [1.82, 2.24) is 0 Å². The van der Waals surface area contributed by atoms with Crippen molar-refractivity contribution in [2.45, 2.75) is 82.5 Å². The van der Waals surface area contributed by atoms with E-state index in [1.807, 2.05) is 12.2 Å². The third-order valence-electron chi connectivity index (χ3n) is 5.26. The highest BCUT2D eigenvalue weighted by Gasteiger charge is 2.39. The summed E-state index contributed by atoms with van der Waals surface area (Å²) in [6.07, 6.45) is 17.1. The van der Waals surface area contributed by atoms with Crippen molar-refractivity contribution in [1.29, 1.82) is 0 Å². The summed E-state index contributed by atoms with van der Waals surface area (Å²) in [6.45, 7) is 2.08. The summed E-state index contributed by atoms with van der Waals surface area (Å²) < 4.78 is 0. The number of hydrogen-bond donors (Lipinski definition) is 4. The summed E-state index contributed by atoms with van der Waals surface area (Å²) in [5, 5.41) is 39.7. The summed E-state index contributed by atoms with van der Waals surface area (Å²) in [6, 6.07) is 0. The number of aliphatic hydroxyl groups is 3. The smallest absolute Gasteiger partial charge is 0.303 e. The molecular formula is C22H34O5. The van der Waals surface area contributed by atoms with Crippen LogP contribution in [0.4, 0.5) is 0 Å². The molecule has 0 aromatic rings. The van der Waals surface area contributed by atoms with E-state index in [0.29, 0.717) is 32.1 Å². The lowest BCUT2D eigenvalue weighted by atomic mass is 9.87. The molecule has 0 aliphatic heterocycles. The molecule has 1 aliphatic carbocycles. The van der Waals surface area contributed by atoms with Gasteiger partial charge in [0.2, 0.25) is 0 Å². The Balaban J connectivity index is 2.65. The zero-order valence-electron chi connectivity index (χ0n) is 16.3. The second kappa shape index (κ2) is 12.0. The first kappa shape index (κ1) is 23.4. The van der Waals surface area contributed by atoms with Gasteiger partial charge in [-0.2, -0.15) is 0 Å². The lowest BCUT2D eigenvalue weighted by Crippen LogP contribution is -2.25. The molecule has 4 unspecified atom stereocenters. The van der Waals surface area contributed by atoms with Gasteiger partial charge in [-0.05, 0) is 44.1 Å². The molecule has 0 heterocycles. The van der Waals surface area contributed by atoms with Crippen LogP contribution in [0, 0.1) is 24.2 Å². The predicted octanol–water partition coefficient (Wildman–Crippen LogP) is 3.05. The van der Waals surface area contributed by atoms with Gasteiger partial charge in [0.25, 0.3) is 0 Å². The molecule has 4 N–H and O–H groups in total. The van der Waals surface area contributed by atoms with E-state index in [-0.39, 0.29) is 18.3 Å². The molecule has 0 saturated heterocycles. The normalized spacial score (nSPS) is 27.8. The van der Waals surface area contributed by atoms with E-state index >= 15 is 0 Å². The first-order chi connectivity index (χ1) is 12.8. The lowest BCUT2D eigenvalue weighted by Gasteiger charge is -2.22. The molecule has 27 heavy (non-hydrogen) atoms. The van der Waals surface area contributed by atoms with Crippen LogP contribution in [0.1, 0.15) is 64.7 Å². The van der Waals surface area contributed by atoms with Crippen LogP contribution < -0.4 is 0 Å². The first-order valence-corrected chi connectivity index (χ1v) is 9.95. The zero-order chi connectivity index (χ0) is 20.3. The van der Waals surface area contributed by atoms with Gasteiger partial charge < -0.3 is 20.4 Å². The van der Waals surface area contributed by atoms with Gasteiger partial charge in [0.05, 0.1) is 12.2 Å². The van der Waals surface area contributed by atoms with Crippen molar-refractivity contribution in [2.24, 2.45) is 11.8 Å². The highest BCUT2D eigenvalue weighted by atomic mass is 16.4. The fourth-order valence-corrected chi connectivity index (χ4v) is 3.57. The number of hydrogen-bond acceptors (Lipinski definition) is 4. The Kier molecular flexibility index (Phi) is 10.4. The van der Waals surface area contributed by atoms with Gasteiger partial charge in [-0.15, -0.1) is 6.42 Å². The topological polar surface area (TPSA) is 98.0 Å². The highest BCUT2D eigenvalue weighted by Crippen LogP contribution is 2.37. The van der Waals surface area contributed by atoms with Crippen molar-refractivity contribution >= 4 is 5.97 Å². The first-order valence-electron chi connectivity index (χ1n) is 9.95. The molecule has 1 fully saturated rings. The molecule has 1 saturated carbocycles. The molecule has 0 spiro atoms. The van der Waals surface area contributed by atoms with Crippen LogP contribution in [-0.4, -0.2) is 44.2 Å². The Labute approximate surface area is 162 Å². The molecule has 0 amide bonds. The van der Waals surface area contributed by atoms with Gasteiger partial charge >= 0.3 is 5.97 Å². The van der Waals surface area contributed by atoms with E-state index in [1.165, 1.54) is 0 Å². The molecule has 5 atom stereocenters. The predicted molar refractivity (Wildman–Crippen MR) is 106 cm³/mol. The van der Waals surface area contributed by atoms with Crippen molar-refractivity contribution in [3.63, 3.8) is 0 Å². The summed E-state index contributed by atoms with van der Waals surface area (Å²) in [5.41, 5.74) is -1.32. The SMILES string of the molecule is C#C[C@@](O)(C=CC1C(O)CC(O)C1CC=CCCCC(=O)O)CCCCC. The molecule has 1 rings (SSSR count). The maximum Gasteiger partial charge on any atom is 0.303 e. The Morgan fingerprint density at radius 2 is 1.96 bits per heavy atom. The molecule has 0 aromatic carbocycles. The molecule has 5 heteroatoms. The second-order valence-electron chi connectivity index (χ2n) is 7.49. The van der Waals surface area contributed by atoms with Crippen molar-refractivity contribution in [3.8, 4) is 12.3 Å². The van der Waals surface area contributed by atoms with Crippen molar-refractivity contribution in [2.75, 3.05) is 0 Å². The Hall–Kier alpha value is -1.61. The number of carboxylic acids is 1. The summed E-state index contributed by atoms with van der Waals surface area (Å²) in [4.78, 5) is 10.5. The van der Waals surface area contributed by atoms with Gasteiger partial charge in [0.15, 0.2) is 0 Å². The number of aliphatic carboxylic acids is 1. The zero-order valence-corrected chi connectivity index (χ0v) is 16.3. The van der Waals surface area contributed by atoms with Crippen LogP contribution in [0.2, 0.25) is 0 Å².